The molecular weight excluding hydrogens is 136 g/mol. The Balaban J connectivity index is 2.30. The number of fused-ring (bicyclic) bond motifs is 1. The second kappa shape index (κ2) is 2.10. The van der Waals surface area contributed by atoms with Crippen molar-refractivity contribution in [2.75, 3.05) is 0 Å². The SMILES string of the molecule is C=C1CCC2(C)C(O)CCC12. The summed E-state index contributed by atoms with van der Waals surface area (Å²) < 4.78 is 0. The molecule has 0 heterocycles. The molecule has 0 aromatic rings. The second-order valence-electron chi connectivity index (χ2n) is 4.31. The van der Waals surface area contributed by atoms with Crippen LogP contribution in [0.1, 0.15) is 32.6 Å². The molecule has 0 aromatic carbocycles. The molecule has 1 N–H and O–H groups in total. The summed E-state index contributed by atoms with van der Waals surface area (Å²) in [6.45, 7) is 6.28. The maximum atomic E-state index is 9.74. The van der Waals surface area contributed by atoms with Gasteiger partial charge in [-0.3, -0.25) is 0 Å². The van der Waals surface area contributed by atoms with Gasteiger partial charge < -0.3 is 5.11 Å². The van der Waals surface area contributed by atoms with Crippen LogP contribution in [0.5, 0.6) is 0 Å². The smallest absolute Gasteiger partial charge is 0.0599 e. The highest BCUT2D eigenvalue weighted by Crippen LogP contribution is 2.55. The molecule has 3 unspecified atom stereocenters. The van der Waals surface area contributed by atoms with Gasteiger partial charge in [-0.15, -0.1) is 0 Å². The molecule has 0 aromatic heterocycles. The summed E-state index contributed by atoms with van der Waals surface area (Å²) in [6.07, 6.45) is 4.37. The van der Waals surface area contributed by atoms with Crippen molar-refractivity contribution < 1.29 is 5.11 Å². The average Bonchev–Trinajstić information content (AvgIpc) is 2.39. The first-order valence-corrected chi connectivity index (χ1v) is 4.50. The molecule has 0 spiro atoms. The van der Waals surface area contributed by atoms with Gasteiger partial charge in [0.15, 0.2) is 0 Å². The summed E-state index contributed by atoms with van der Waals surface area (Å²) in [5, 5.41) is 9.74. The van der Waals surface area contributed by atoms with Gasteiger partial charge in [0.1, 0.15) is 0 Å². The topological polar surface area (TPSA) is 20.2 Å². The Morgan fingerprint density at radius 3 is 2.91 bits per heavy atom. The highest BCUT2D eigenvalue weighted by Gasteiger charge is 2.50. The van der Waals surface area contributed by atoms with Gasteiger partial charge in [-0.25, -0.2) is 0 Å². The Kier molecular flexibility index (Phi) is 1.40. The Bertz CT molecular complexity index is 197. The molecule has 0 bridgehead atoms. The second-order valence-corrected chi connectivity index (χ2v) is 4.31. The van der Waals surface area contributed by atoms with Crippen molar-refractivity contribution >= 4 is 0 Å². The van der Waals surface area contributed by atoms with E-state index in [0.29, 0.717) is 5.92 Å². The van der Waals surface area contributed by atoms with E-state index in [2.05, 4.69) is 13.5 Å². The number of hydrogen-bond acceptors (Lipinski definition) is 1. The van der Waals surface area contributed by atoms with E-state index >= 15 is 0 Å². The Morgan fingerprint density at radius 2 is 2.27 bits per heavy atom. The third-order valence-electron chi connectivity index (χ3n) is 3.76. The van der Waals surface area contributed by atoms with Crippen LogP contribution in [0.3, 0.4) is 0 Å². The van der Waals surface area contributed by atoms with Crippen LogP contribution < -0.4 is 0 Å². The highest BCUT2D eigenvalue weighted by atomic mass is 16.3. The average molecular weight is 152 g/mol. The number of rotatable bonds is 0. The summed E-state index contributed by atoms with van der Waals surface area (Å²) >= 11 is 0. The molecule has 3 atom stereocenters. The monoisotopic (exact) mass is 152 g/mol. The molecule has 0 aliphatic heterocycles. The van der Waals surface area contributed by atoms with Crippen LogP contribution in [0, 0.1) is 11.3 Å². The Hall–Kier alpha value is -0.300. The molecule has 2 rings (SSSR count). The van der Waals surface area contributed by atoms with Crippen molar-refractivity contribution in [3.8, 4) is 0 Å². The van der Waals surface area contributed by atoms with Crippen LogP contribution in [0.4, 0.5) is 0 Å². The van der Waals surface area contributed by atoms with E-state index in [-0.39, 0.29) is 11.5 Å². The lowest BCUT2D eigenvalue weighted by Crippen LogP contribution is -2.28. The van der Waals surface area contributed by atoms with Gasteiger partial charge >= 0.3 is 0 Å². The van der Waals surface area contributed by atoms with E-state index in [4.69, 9.17) is 0 Å². The van der Waals surface area contributed by atoms with Crippen molar-refractivity contribution in [3.63, 3.8) is 0 Å². The van der Waals surface area contributed by atoms with Gasteiger partial charge in [0.2, 0.25) is 0 Å². The normalized spacial score (nSPS) is 49.8. The summed E-state index contributed by atoms with van der Waals surface area (Å²) in [6, 6.07) is 0. The van der Waals surface area contributed by atoms with Crippen molar-refractivity contribution in [1.29, 1.82) is 0 Å². The van der Waals surface area contributed by atoms with Crippen LogP contribution >= 0.6 is 0 Å². The predicted molar refractivity (Wildman–Crippen MR) is 45.2 cm³/mol. The van der Waals surface area contributed by atoms with Gasteiger partial charge in [0.05, 0.1) is 6.10 Å². The quantitative estimate of drug-likeness (QED) is 0.527. The maximum Gasteiger partial charge on any atom is 0.0599 e. The largest absolute Gasteiger partial charge is 0.393 e. The molecule has 0 amide bonds. The van der Waals surface area contributed by atoms with Crippen LogP contribution in [-0.2, 0) is 0 Å². The third kappa shape index (κ3) is 0.807. The first-order chi connectivity index (χ1) is 5.14. The molecule has 1 nitrogen and oxygen atoms in total. The molecule has 1 heteroatoms. The van der Waals surface area contributed by atoms with Gasteiger partial charge in [-0.05, 0) is 31.6 Å². The van der Waals surface area contributed by atoms with E-state index in [1.807, 2.05) is 0 Å². The Labute approximate surface area is 68.1 Å². The minimum Gasteiger partial charge on any atom is -0.393 e. The molecular formula is C10H16O. The number of aliphatic hydroxyl groups excluding tert-OH is 1. The van der Waals surface area contributed by atoms with Crippen LogP contribution in [-0.4, -0.2) is 11.2 Å². The summed E-state index contributed by atoms with van der Waals surface area (Å²) in [5.41, 5.74) is 1.57. The fraction of sp³-hybridized carbons (Fsp3) is 0.800. The zero-order chi connectivity index (χ0) is 8.06. The molecule has 0 saturated heterocycles. The highest BCUT2D eigenvalue weighted by molar-refractivity contribution is 5.18. The maximum absolute atomic E-state index is 9.74. The van der Waals surface area contributed by atoms with Crippen molar-refractivity contribution in [3.05, 3.63) is 12.2 Å². The van der Waals surface area contributed by atoms with Crippen LogP contribution in [0.2, 0.25) is 0 Å². The minimum atomic E-state index is -0.0632. The lowest BCUT2D eigenvalue weighted by atomic mass is 9.80. The van der Waals surface area contributed by atoms with E-state index in [1.165, 1.54) is 5.57 Å². The molecule has 2 saturated carbocycles. The third-order valence-corrected chi connectivity index (χ3v) is 3.76. The van der Waals surface area contributed by atoms with Gasteiger partial charge in [-0.2, -0.15) is 0 Å². The van der Waals surface area contributed by atoms with Crippen LogP contribution in [0.25, 0.3) is 0 Å². The number of allylic oxidation sites excluding steroid dienone is 1. The summed E-state index contributed by atoms with van der Waals surface area (Å²) in [4.78, 5) is 0. The molecule has 11 heavy (non-hydrogen) atoms. The molecule has 2 aliphatic rings. The van der Waals surface area contributed by atoms with Crippen molar-refractivity contribution in [2.45, 2.75) is 38.7 Å². The van der Waals surface area contributed by atoms with Crippen LogP contribution in [0.15, 0.2) is 12.2 Å². The van der Waals surface area contributed by atoms with Crippen molar-refractivity contribution in [2.24, 2.45) is 11.3 Å². The summed E-state index contributed by atoms with van der Waals surface area (Å²) in [5.74, 6) is 0.623. The number of aliphatic hydroxyl groups is 1. The standard InChI is InChI=1S/C10H16O/c1-7-5-6-10(2)8(7)3-4-9(10)11/h8-9,11H,1,3-6H2,2H3. The minimum absolute atomic E-state index is 0.0632. The Morgan fingerprint density at radius 1 is 1.55 bits per heavy atom. The fourth-order valence-corrected chi connectivity index (χ4v) is 2.83. The molecule has 62 valence electrons. The van der Waals surface area contributed by atoms with E-state index < -0.39 is 0 Å². The zero-order valence-electron chi connectivity index (χ0n) is 7.14. The summed E-state index contributed by atoms with van der Waals surface area (Å²) in [7, 11) is 0. The lowest BCUT2D eigenvalue weighted by molar-refractivity contribution is 0.0566. The van der Waals surface area contributed by atoms with E-state index in [9.17, 15) is 5.11 Å². The molecule has 2 aliphatic carbocycles. The number of hydrogen-bond donors (Lipinski definition) is 1. The van der Waals surface area contributed by atoms with Gasteiger partial charge in [0.25, 0.3) is 0 Å². The zero-order valence-corrected chi connectivity index (χ0v) is 7.14. The first-order valence-electron chi connectivity index (χ1n) is 4.50. The molecule has 2 fully saturated rings. The first kappa shape index (κ1) is 7.35. The molecule has 0 radical (unpaired) electrons. The van der Waals surface area contributed by atoms with E-state index in [1.54, 1.807) is 0 Å². The van der Waals surface area contributed by atoms with Gasteiger partial charge in [-0.1, -0.05) is 19.1 Å². The lowest BCUT2D eigenvalue weighted by Gasteiger charge is -2.27. The fourth-order valence-electron chi connectivity index (χ4n) is 2.83. The van der Waals surface area contributed by atoms with Crippen molar-refractivity contribution in [1.82, 2.24) is 0 Å². The van der Waals surface area contributed by atoms with E-state index in [0.717, 1.165) is 25.7 Å². The predicted octanol–water partition coefficient (Wildman–Crippen LogP) is 2.11. The van der Waals surface area contributed by atoms with Gasteiger partial charge in [0, 0.05) is 5.41 Å².